The number of carbonyl (C=O) groups excluding carboxylic acids is 2. The lowest BCUT2D eigenvalue weighted by Crippen LogP contribution is -2.39. The highest BCUT2D eigenvalue weighted by Gasteiger charge is 2.17. The molecule has 1 aromatic rings. The van der Waals surface area contributed by atoms with Crippen molar-refractivity contribution in [3.05, 3.63) is 22.4 Å². The van der Waals surface area contributed by atoms with Gasteiger partial charge in [-0.15, -0.1) is 0 Å². The number of nitrogens with one attached hydrogen (secondary N) is 1. The van der Waals surface area contributed by atoms with Gasteiger partial charge in [0.1, 0.15) is 6.04 Å². The van der Waals surface area contributed by atoms with E-state index in [1.807, 2.05) is 5.38 Å². The lowest BCUT2D eigenvalue weighted by molar-refractivity contribution is -0.144. The van der Waals surface area contributed by atoms with Crippen molar-refractivity contribution in [1.82, 2.24) is 5.32 Å². The summed E-state index contributed by atoms with van der Waals surface area (Å²) in [4.78, 5) is 22.7. The molecule has 0 aliphatic heterocycles. The second kappa shape index (κ2) is 5.50. The molecule has 0 aromatic carbocycles. The fourth-order valence-electron chi connectivity index (χ4n) is 1.000. The average molecular weight is 227 g/mol. The minimum atomic E-state index is -0.614. The third-order valence-corrected chi connectivity index (χ3v) is 2.45. The molecule has 0 fully saturated rings. The van der Waals surface area contributed by atoms with E-state index in [0.29, 0.717) is 12.2 Å². The van der Waals surface area contributed by atoms with Crippen LogP contribution in [0.15, 0.2) is 16.8 Å². The van der Waals surface area contributed by atoms with E-state index in [-0.39, 0.29) is 5.91 Å². The maximum absolute atomic E-state index is 11.5. The highest BCUT2D eigenvalue weighted by Crippen LogP contribution is 2.05. The predicted molar refractivity (Wildman–Crippen MR) is 57.9 cm³/mol. The van der Waals surface area contributed by atoms with Gasteiger partial charge >= 0.3 is 5.97 Å². The van der Waals surface area contributed by atoms with Crippen LogP contribution in [0.5, 0.6) is 0 Å². The highest BCUT2D eigenvalue weighted by atomic mass is 32.1. The summed E-state index contributed by atoms with van der Waals surface area (Å²) < 4.78 is 4.77. The largest absolute Gasteiger partial charge is 0.464 e. The summed E-state index contributed by atoms with van der Waals surface area (Å²) in [7, 11) is 0. The van der Waals surface area contributed by atoms with E-state index in [1.54, 1.807) is 25.3 Å². The van der Waals surface area contributed by atoms with Crippen molar-refractivity contribution in [3.8, 4) is 0 Å². The number of thiophene rings is 1. The lowest BCUT2D eigenvalue weighted by Gasteiger charge is -2.11. The number of rotatable bonds is 4. The minimum Gasteiger partial charge on any atom is -0.464 e. The Hall–Kier alpha value is -1.36. The summed E-state index contributed by atoms with van der Waals surface area (Å²) in [5.74, 6) is -0.669. The SMILES string of the molecule is CCOC(=O)[C@H](C)NC(=O)c1ccsc1. The Bertz CT molecular complexity index is 334. The fraction of sp³-hybridized carbons (Fsp3) is 0.400. The molecule has 0 spiro atoms. The van der Waals surface area contributed by atoms with Gasteiger partial charge in [0.15, 0.2) is 0 Å². The molecule has 1 rings (SSSR count). The molecule has 15 heavy (non-hydrogen) atoms. The molecule has 0 bridgehead atoms. The summed E-state index contributed by atoms with van der Waals surface area (Å²) in [6.45, 7) is 3.64. The molecule has 0 unspecified atom stereocenters. The van der Waals surface area contributed by atoms with Gasteiger partial charge in [-0.1, -0.05) is 0 Å². The maximum Gasteiger partial charge on any atom is 0.328 e. The summed E-state index contributed by atoms with van der Waals surface area (Å²) in [6, 6.07) is 1.09. The third kappa shape index (κ3) is 3.36. The van der Waals surface area contributed by atoms with Gasteiger partial charge in [0, 0.05) is 5.38 Å². The van der Waals surface area contributed by atoms with E-state index in [4.69, 9.17) is 4.74 Å². The van der Waals surface area contributed by atoms with E-state index in [9.17, 15) is 9.59 Å². The molecular formula is C10H13NO3S. The zero-order valence-electron chi connectivity index (χ0n) is 8.65. The van der Waals surface area contributed by atoms with Crippen molar-refractivity contribution in [2.45, 2.75) is 19.9 Å². The van der Waals surface area contributed by atoms with Crippen molar-refractivity contribution in [2.75, 3.05) is 6.61 Å². The highest BCUT2D eigenvalue weighted by molar-refractivity contribution is 7.08. The fourth-order valence-corrected chi connectivity index (χ4v) is 1.64. The standard InChI is InChI=1S/C10H13NO3S/c1-3-14-10(13)7(2)11-9(12)8-4-5-15-6-8/h4-7H,3H2,1-2H3,(H,11,12)/t7-/m0/s1. The van der Waals surface area contributed by atoms with E-state index >= 15 is 0 Å². The van der Waals surface area contributed by atoms with Crippen molar-refractivity contribution in [3.63, 3.8) is 0 Å². The van der Waals surface area contributed by atoms with Gasteiger partial charge < -0.3 is 10.1 Å². The van der Waals surface area contributed by atoms with E-state index < -0.39 is 12.0 Å². The van der Waals surface area contributed by atoms with Gasteiger partial charge in [-0.25, -0.2) is 4.79 Å². The first-order chi connectivity index (χ1) is 7.15. The van der Waals surface area contributed by atoms with E-state index in [2.05, 4.69) is 5.32 Å². The zero-order chi connectivity index (χ0) is 11.3. The van der Waals surface area contributed by atoms with Crippen molar-refractivity contribution >= 4 is 23.2 Å². The van der Waals surface area contributed by atoms with Crippen LogP contribution in [0, 0.1) is 0 Å². The predicted octanol–water partition coefficient (Wildman–Crippen LogP) is 1.43. The third-order valence-electron chi connectivity index (χ3n) is 1.77. The molecule has 1 N–H and O–H groups in total. The van der Waals surface area contributed by atoms with Crippen LogP contribution in [0.4, 0.5) is 0 Å². The topological polar surface area (TPSA) is 55.4 Å². The van der Waals surface area contributed by atoms with Crippen LogP contribution in [0.1, 0.15) is 24.2 Å². The molecule has 0 aliphatic rings. The van der Waals surface area contributed by atoms with Crippen LogP contribution in [0.25, 0.3) is 0 Å². The van der Waals surface area contributed by atoms with Gasteiger partial charge in [-0.05, 0) is 25.3 Å². The number of amides is 1. The average Bonchev–Trinajstić information content (AvgIpc) is 2.70. The normalized spacial score (nSPS) is 11.9. The second-order valence-corrected chi connectivity index (χ2v) is 3.74. The number of carbonyl (C=O) groups is 2. The van der Waals surface area contributed by atoms with Crippen LogP contribution in [-0.2, 0) is 9.53 Å². The maximum atomic E-state index is 11.5. The Morgan fingerprint density at radius 3 is 2.87 bits per heavy atom. The number of ether oxygens (including phenoxy) is 1. The molecule has 82 valence electrons. The van der Waals surface area contributed by atoms with Gasteiger partial charge in [0.05, 0.1) is 12.2 Å². The van der Waals surface area contributed by atoms with Crippen LogP contribution < -0.4 is 5.32 Å². The van der Waals surface area contributed by atoms with E-state index in [0.717, 1.165) is 0 Å². The second-order valence-electron chi connectivity index (χ2n) is 2.96. The monoisotopic (exact) mass is 227 g/mol. The zero-order valence-corrected chi connectivity index (χ0v) is 9.47. The molecule has 1 aromatic heterocycles. The first-order valence-corrected chi connectivity index (χ1v) is 5.59. The van der Waals surface area contributed by atoms with Crippen LogP contribution in [0.2, 0.25) is 0 Å². The molecule has 0 saturated heterocycles. The van der Waals surface area contributed by atoms with Crippen LogP contribution in [-0.4, -0.2) is 24.5 Å². The number of esters is 1. The Kier molecular flexibility index (Phi) is 4.30. The summed E-state index contributed by atoms with van der Waals surface area (Å²) in [5.41, 5.74) is 0.566. The van der Waals surface area contributed by atoms with Crippen molar-refractivity contribution in [1.29, 1.82) is 0 Å². The molecule has 0 aliphatic carbocycles. The smallest absolute Gasteiger partial charge is 0.328 e. The Balaban J connectivity index is 2.48. The first kappa shape index (κ1) is 11.7. The summed E-state index contributed by atoms with van der Waals surface area (Å²) >= 11 is 1.44. The molecule has 1 amide bonds. The minimum absolute atomic E-state index is 0.253. The Morgan fingerprint density at radius 1 is 1.60 bits per heavy atom. The number of hydrogen-bond donors (Lipinski definition) is 1. The molecule has 4 nitrogen and oxygen atoms in total. The number of hydrogen-bond acceptors (Lipinski definition) is 4. The lowest BCUT2D eigenvalue weighted by atomic mass is 10.3. The summed E-state index contributed by atoms with van der Waals surface area (Å²) in [6.07, 6.45) is 0. The van der Waals surface area contributed by atoms with Gasteiger partial charge in [0.2, 0.25) is 0 Å². The molecule has 5 heteroatoms. The molecule has 1 atom stereocenters. The van der Waals surface area contributed by atoms with E-state index in [1.165, 1.54) is 11.3 Å². The van der Waals surface area contributed by atoms with Gasteiger partial charge in [-0.2, -0.15) is 11.3 Å². The molecule has 0 radical (unpaired) electrons. The van der Waals surface area contributed by atoms with Crippen LogP contribution >= 0.6 is 11.3 Å². The van der Waals surface area contributed by atoms with Gasteiger partial charge in [-0.3, -0.25) is 4.79 Å². The first-order valence-electron chi connectivity index (χ1n) is 4.64. The molecular weight excluding hydrogens is 214 g/mol. The summed E-state index contributed by atoms with van der Waals surface area (Å²) in [5, 5.41) is 6.10. The Morgan fingerprint density at radius 2 is 2.33 bits per heavy atom. The molecule has 0 saturated carbocycles. The van der Waals surface area contributed by atoms with Crippen molar-refractivity contribution in [2.24, 2.45) is 0 Å². The quantitative estimate of drug-likeness (QED) is 0.792. The van der Waals surface area contributed by atoms with Crippen LogP contribution in [0.3, 0.4) is 0 Å². The Labute approximate surface area is 92.2 Å². The molecule has 1 heterocycles. The van der Waals surface area contributed by atoms with Crippen molar-refractivity contribution < 1.29 is 14.3 Å². The van der Waals surface area contributed by atoms with Gasteiger partial charge in [0.25, 0.3) is 5.91 Å².